The Kier molecular flexibility index (Phi) is 9.48. The Balaban J connectivity index is 1.44. The molecule has 0 amide bonds. The van der Waals surface area contributed by atoms with E-state index < -0.39 is 24.0 Å². The van der Waals surface area contributed by atoms with Gasteiger partial charge in [0.1, 0.15) is 30.0 Å². The van der Waals surface area contributed by atoms with Crippen LogP contribution in [0, 0.1) is 17.8 Å². The van der Waals surface area contributed by atoms with Crippen LogP contribution < -0.4 is 18.9 Å². The van der Waals surface area contributed by atoms with Crippen molar-refractivity contribution in [3.63, 3.8) is 0 Å². The third-order valence-corrected chi connectivity index (χ3v) is 14.2. The Bertz CT molecular complexity index is 1930. The van der Waals surface area contributed by atoms with Crippen LogP contribution in [-0.4, -0.2) is 76.2 Å². The number of benzene rings is 3. The van der Waals surface area contributed by atoms with E-state index in [1.165, 1.54) is 14.2 Å². The average molecular weight is 731 g/mol. The minimum absolute atomic E-state index is 0.0362. The van der Waals surface area contributed by atoms with Crippen molar-refractivity contribution in [2.24, 2.45) is 5.92 Å². The largest absolute Gasteiger partial charge is 0.508 e. The van der Waals surface area contributed by atoms with Crippen molar-refractivity contribution in [1.29, 1.82) is 0 Å². The molecule has 0 saturated heterocycles. The van der Waals surface area contributed by atoms with Gasteiger partial charge in [-0.3, -0.25) is 0 Å². The van der Waals surface area contributed by atoms with Gasteiger partial charge >= 0.3 is 0 Å². The molecule has 2 heterocycles. The highest BCUT2D eigenvalue weighted by Gasteiger charge is 2.49. The van der Waals surface area contributed by atoms with E-state index in [0.717, 1.165) is 53.5 Å². The molecule has 8 rings (SSSR count). The van der Waals surface area contributed by atoms with Crippen LogP contribution in [-0.2, 0) is 6.42 Å². The third kappa shape index (κ3) is 5.80. The van der Waals surface area contributed by atoms with Gasteiger partial charge in [-0.2, -0.15) is 0 Å². The lowest BCUT2D eigenvalue weighted by Gasteiger charge is -2.44. The second-order valence-corrected chi connectivity index (χ2v) is 16.5. The van der Waals surface area contributed by atoms with Crippen LogP contribution in [0.15, 0.2) is 42.5 Å². The minimum atomic E-state index is -1.09. The van der Waals surface area contributed by atoms with Gasteiger partial charge in [-0.05, 0) is 72.4 Å². The lowest BCUT2D eigenvalue weighted by Crippen LogP contribution is -2.40. The summed E-state index contributed by atoms with van der Waals surface area (Å²) in [5.41, 5.74) is 5.47. The fourth-order valence-electron chi connectivity index (χ4n) is 8.95. The van der Waals surface area contributed by atoms with Gasteiger partial charge in [0.25, 0.3) is 0 Å². The number of phenolic OH excluding ortho intramolecular Hbond substituents is 2. The molecule has 0 fully saturated rings. The fourth-order valence-corrected chi connectivity index (χ4v) is 12.0. The number of aromatic hydroxyl groups is 2. The Hall–Kier alpha value is -3.66. The fraction of sp³-hybridized carbons (Fsp3) is 0.450. The van der Waals surface area contributed by atoms with Gasteiger partial charge in [-0.1, -0.05) is 51.6 Å². The summed E-state index contributed by atoms with van der Waals surface area (Å²) in [5, 5.41) is 55.7. The van der Waals surface area contributed by atoms with Crippen molar-refractivity contribution < 1.29 is 44.5 Å². The molecule has 3 aromatic carbocycles. The zero-order valence-electron chi connectivity index (χ0n) is 28.5. The molecule has 5 N–H and O–H groups in total. The predicted octanol–water partition coefficient (Wildman–Crippen LogP) is 6.34. The summed E-state index contributed by atoms with van der Waals surface area (Å²) in [6, 6.07) is 8.93. The van der Waals surface area contributed by atoms with Crippen LogP contribution in [0.4, 0.5) is 0 Å². The van der Waals surface area contributed by atoms with Crippen molar-refractivity contribution in [2.45, 2.75) is 72.6 Å². The zero-order chi connectivity index (χ0) is 35.4. The normalized spacial score (nSPS) is 28.4. The summed E-state index contributed by atoms with van der Waals surface area (Å²) in [5.74, 6) is 7.74. The lowest BCUT2D eigenvalue weighted by molar-refractivity contribution is 0.000580. The molecular weight excluding hydrogens is 689 g/mol. The van der Waals surface area contributed by atoms with Crippen LogP contribution in [0.1, 0.15) is 77.4 Å². The number of phenols is 2. The van der Waals surface area contributed by atoms with Gasteiger partial charge in [0.15, 0.2) is 17.6 Å². The van der Waals surface area contributed by atoms with Crippen LogP contribution in [0.2, 0.25) is 0 Å². The minimum Gasteiger partial charge on any atom is -0.508 e. The van der Waals surface area contributed by atoms with E-state index in [1.807, 2.05) is 18.2 Å². The molecule has 11 heteroatoms. The molecule has 0 aromatic heterocycles. The van der Waals surface area contributed by atoms with E-state index >= 15 is 0 Å². The Morgan fingerprint density at radius 2 is 1.84 bits per heavy atom. The summed E-state index contributed by atoms with van der Waals surface area (Å²) in [6.45, 7) is -0.338. The van der Waals surface area contributed by atoms with E-state index in [0.29, 0.717) is 28.5 Å². The highest BCUT2D eigenvalue weighted by Crippen LogP contribution is 2.62. The van der Waals surface area contributed by atoms with Gasteiger partial charge in [-0.25, -0.2) is 0 Å². The molecule has 0 unspecified atom stereocenters. The first-order valence-corrected chi connectivity index (χ1v) is 19.8. The number of hydrogen-bond acceptors (Lipinski definition) is 11. The van der Waals surface area contributed by atoms with Gasteiger partial charge in [0, 0.05) is 51.8 Å². The first-order chi connectivity index (χ1) is 24.9. The van der Waals surface area contributed by atoms with Crippen molar-refractivity contribution in [3.05, 3.63) is 70.3 Å². The van der Waals surface area contributed by atoms with Gasteiger partial charge in [0.2, 0.25) is 5.75 Å². The number of ether oxygens (including phenoxy) is 4. The Morgan fingerprint density at radius 3 is 2.63 bits per heavy atom. The maximum atomic E-state index is 12.7. The van der Waals surface area contributed by atoms with Crippen LogP contribution >= 0.6 is 21.6 Å². The third-order valence-electron chi connectivity index (χ3n) is 11.2. The van der Waals surface area contributed by atoms with E-state index in [9.17, 15) is 25.5 Å². The summed E-state index contributed by atoms with van der Waals surface area (Å²) >= 11 is 0. The molecule has 9 nitrogen and oxygen atoms in total. The van der Waals surface area contributed by atoms with E-state index in [-0.39, 0.29) is 65.7 Å². The molecule has 0 saturated carbocycles. The van der Waals surface area contributed by atoms with Crippen LogP contribution in [0.5, 0.6) is 34.5 Å². The number of hydrogen-bond donors (Lipinski definition) is 5. The predicted molar refractivity (Wildman–Crippen MR) is 197 cm³/mol. The molecule has 51 heavy (non-hydrogen) atoms. The molecule has 8 atom stereocenters. The van der Waals surface area contributed by atoms with Gasteiger partial charge in [0.05, 0.1) is 32.7 Å². The van der Waals surface area contributed by atoms with Crippen molar-refractivity contribution in [1.82, 2.24) is 0 Å². The van der Waals surface area contributed by atoms with Crippen molar-refractivity contribution in [3.8, 4) is 57.5 Å². The lowest BCUT2D eigenvalue weighted by atomic mass is 9.65. The van der Waals surface area contributed by atoms with E-state index in [2.05, 4.69) is 24.0 Å². The average Bonchev–Trinajstić information content (AvgIpc) is 3.16. The monoisotopic (exact) mass is 730 g/mol. The summed E-state index contributed by atoms with van der Waals surface area (Å²) < 4.78 is 24.5. The number of rotatable bonds is 6. The highest BCUT2D eigenvalue weighted by molar-refractivity contribution is 8.77. The zero-order valence-corrected chi connectivity index (χ0v) is 30.1. The highest BCUT2D eigenvalue weighted by atomic mass is 33.1. The molecule has 0 spiro atoms. The molecule has 3 aliphatic carbocycles. The quantitative estimate of drug-likeness (QED) is 0.110. The summed E-state index contributed by atoms with van der Waals surface area (Å²) in [4.78, 5) is 0. The topological polar surface area (TPSA) is 138 Å². The van der Waals surface area contributed by atoms with Crippen LogP contribution in [0.25, 0.3) is 11.1 Å². The second kappa shape index (κ2) is 14.1. The molecule has 2 aliphatic heterocycles. The first-order valence-electron chi connectivity index (χ1n) is 17.5. The van der Waals surface area contributed by atoms with Gasteiger partial charge < -0.3 is 44.5 Å². The maximum absolute atomic E-state index is 12.7. The summed E-state index contributed by atoms with van der Waals surface area (Å²) in [7, 11) is 6.41. The standard InChI is InChI=1S/C40H42O9S2/c1-46-31-17-27-25(39(47-2)37(31)44)7-4-8-32-36-35-30(49-40(27)38(36)45)18-29(48-14-13-41)33-24-12-10-21(43)16-26(24)23(28(19-42)34(33)35)11-9-20-5-3-6-22(15-20)50-51-32/h3,6,10,12,16-18,20,22-23,28,32,36,38,40-45H,5,7,9,11,13-15,19H2,1-2H3/t20-,22+,23+,28-,32-,36-,38+,40-/m0/s1. The smallest absolute Gasteiger partial charge is 0.201 e. The van der Waals surface area contributed by atoms with E-state index in [4.69, 9.17) is 18.9 Å². The molecule has 0 radical (unpaired) electrons. The van der Waals surface area contributed by atoms with Gasteiger partial charge in [-0.15, -0.1) is 0 Å². The molecule has 5 aliphatic rings. The Labute approximate surface area is 305 Å². The number of aliphatic hydroxyl groups excluding tert-OH is 3. The molecule has 3 aromatic rings. The molecule has 268 valence electrons. The number of methoxy groups -OCH3 is 2. The van der Waals surface area contributed by atoms with Crippen molar-refractivity contribution >= 4 is 21.6 Å². The summed E-state index contributed by atoms with van der Waals surface area (Å²) in [6.07, 6.45) is 6.60. The second-order valence-electron chi connectivity index (χ2n) is 13.9. The van der Waals surface area contributed by atoms with Crippen LogP contribution in [0.3, 0.4) is 0 Å². The van der Waals surface area contributed by atoms with E-state index in [1.54, 1.807) is 33.7 Å². The Morgan fingerprint density at radius 1 is 0.980 bits per heavy atom. The SMILES string of the molecule is COc1cc2c(c(OC)c1O)CC#C[C@@H]1SS[C@@H]3C=CC[C@@H](CC[C@@H]4c5cc(O)ccc5-c5c(OCCO)cc6c(c5[C@H]4CO)[C@H]1[C@@H](O)[C@H]2O6)C3. The molecule has 6 bridgehead atoms. The number of fused-ring (bicyclic) bond motifs is 9. The number of allylic oxidation sites excluding steroid dienone is 1. The number of aliphatic hydroxyl groups is 3. The maximum Gasteiger partial charge on any atom is 0.201 e. The van der Waals surface area contributed by atoms with Crippen molar-refractivity contribution in [2.75, 3.05) is 34.0 Å². The first kappa shape index (κ1) is 34.4. The molecular formula is C40H42O9S2.